The Kier molecular flexibility index (Phi) is 8.38. The molecule has 1 aliphatic carbocycles. The van der Waals surface area contributed by atoms with Crippen LogP contribution in [0.3, 0.4) is 0 Å². The van der Waals surface area contributed by atoms with E-state index in [-0.39, 0.29) is 30.6 Å². The summed E-state index contributed by atoms with van der Waals surface area (Å²) in [5, 5.41) is 14.5. The van der Waals surface area contributed by atoms with E-state index in [9.17, 15) is 14.4 Å². The molecule has 1 aromatic heterocycles. The number of amides is 2. The van der Waals surface area contributed by atoms with E-state index in [0.717, 1.165) is 16.0 Å². The highest BCUT2D eigenvalue weighted by Gasteiger charge is 2.29. The minimum atomic E-state index is -0.867. The molecule has 1 aliphatic rings. The number of anilines is 1. The number of aryl methyl sites for hydroxylation is 1. The molecule has 8 nitrogen and oxygen atoms in total. The SMILES string of the molecule is O=C(O)CSCCNC(=O)CCc1cnc(NC(=O)OCC2c3ccccc3-c3ccccc32)s1. The summed E-state index contributed by atoms with van der Waals surface area (Å²) in [6, 6.07) is 16.3. The second-order valence-electron chi connectivity index (χ2n) is 7.88. The van der Waals surface area contributed by atoms with Crippen LogP contribution in [0.25, 0.3) is 11.1 Å². The molecule has 0 spiro atoms. The lowest BCUT2D eigenvalue weighted by atomic mass is 9.98. The summed E-state index contributed by atoms with van der Waals surface area (Å²) >= 11 is 2.56. The van der Waals surface area contributed by atoms with Gasteiger partial charge in [0.2, 0.25) is 5.91 Å². The summed E-state index contributed by atoms with van der Waals surface area (Å²) in [5.74, 6) is -0.418. The van der Waals surface area contributed by atoms with Crippen LogP contribution < -0.4 is 10.6 Å². The minimum Gasteiger partial charge on any atom is -0.481 e. The summed E-state index contributed by atoms with van der Waals surface area (Å²) in [4.78, 5) is 39.9. The maximum atomic E-state index is 12.4. The second kappa shape index (κ2) is 11.9. The van der Waals surface area contributed by atoms with Gasteiger partial charge in [0, 0.05) is 35.7 Å². The Balaban J connectivity index is 1.21. The van der Waals surface area contributed by atoms with Gasteiger partial charge in [-0.1, -0.05) is 48.5 Å². The summed E-state index contributed by atoms with van der Waals surface area (Å²) in [6.07, 6.45) is 1.86. The number of carbonyl (C=O) groups is 3. The van der Waals surface area contributed by atoms with Crippen molar-refractivity contribution in [2.45, 2.75) is 18.8 Å². The van der Waals surface area contributed by atoms with Crippen LogP contribution in [-0.2, 0) is 20.7 Å². The number of fused-ring (bicyclic) bond motifs is 3. The predicted molar refractivity (Wildman–Crippen MR) is 137 cm³/mol. The first-order valence-electron chi connectivity index (χ1n) is 11.1. The highest BCUT2D eigenvalue weighted by atomic mass is 32.2. The summed E-state index contributed by atoms with van der Waals surface area (Å²) in [6.45, 7) is 0.650. The van der Waals surface area contributed by atoms with Gasteiger partial charge in [-0.2, -0.15) is 0 Å². The molecule has 0 radical (unpaired) electrons. The van der Waals surface area contributed by atoms with Gasteiger partial charge in [0.1, 0.15) is 6.61 Å². The lowest BCUT2D eigenvalue weighted by molar-refractivity contribution is -0.133. The zero-order chi connectivity index (χ0) is 24.6. The van der Waals surface area contributed by atoms with Crippen LogP contribution in [0, 0.1) is 0 Å². The van der Waals surface area contributed by atoms with Crippen molar-refractivity contribution in [3.63, 3.8) is 0 Å². The van der Waals surface area contributed by atoms with E-state index in [1.54, 1.807) is 6.20 Å². The van der Waals surface area contributed by atoms with Crippen molar-refractivity contribution in [3.8, 4) is 11.1 Å². The Labute approximate surface area is 211 Å². The highest BCUT2D eigenvalue weighted by Crippen LogP contribution is 2.44. The van der Waals surface area contributed by atoms with E-state index in [0.29, 0.717) is 23.8 Å². The van der Waals surface area contributed by atoms with E-state index in [4.69, 9.17) is 9.84 Å². The lowest BCUT2D eigenvalue weighted by Crippen LogP contribution is -2.26. The van der Waals surface area contributed by atoms with Gasteiger partial charge in [0.25, 0.3) is 0 Å². The molecular formula is C25H25N3O5S2. The van der Waals surface area contributed by atoms with Gasteiger partial charge in [-0.25, -0.2) is 9.78 Å². The van der Waals surface area contributed by atoms with Crippen molar-refractivity contribution in [2.75, 3.05) is 30.0 Å². The molecule has 0 unspecified atom stereocenters. The van der Waals surface area contributed by atoms with Gasteiger partial charge in [-0.05, 0) is 28.7 Å². The maximum absolute atomic E-state index is 12.4. The average molecular weight is 512 g/mol. The number of benzene rings is 2. The number of nitrogens with zero attached hydrogens (tertiary/aromatic N) is 1. The van der Waals surface area contributed by atoms with Gasteiger partial charge < -0.3 is 15.2 Å². The Morgan fingerprint density at radius 2 is 1.74 bits per heavy atom. The fourth-order valence-electron chi connectivity index (χ4n) is 3.95. The smallest absolute Gasteiger partial charge is 0.413 e. The molecule has 3 aromatic rings. The fraction of sp³-hybridized carbons (Fsp3) is 0.280. The number of aliphatic carboxylic acids is 1. The van der Waals surface area contributed by atoms with Crippen LogP contribution in [-0.4, -0.2) is 52.7 Å². The third kappa shape index (κ3) is 6.61. The topological polar surface area (TPSA) is 118 Å². The molecule has 2 aromatic carbocycles. The van der Waals surface area contributed by atoms with E-state index >= 15 is 0 Å². The molecule has 4 rings (SSSR count). The van der Waals surface area contributed by atoms with Gasteiger partial charge in [0.15, 0.2) is 5.13 Å². The van der Waals surface area contributed by atoms with Crippen molar-refractivity contribution in [2.24, 2.45) is 0 Å². The first-order chi connectivity index (χ1) is 17.0. The summed E-state index contributed by atoms with van der Waals surface area (Å²) in [7, 11) is 0. The van der Waals surface area contributed by atoms with Gasteiger partial charge >= 0.3 is 12.1 Å². The van der Waals surface area contributed by atoms with E-state index < -0.39 is 12.1 Å². The average Bonchev–Trinajstić information content (AvgIpc) is 3.43. The van der Waals surface area contributed by atoms with Crippen LogP contribution in [0.4, 0.5) is 9.93 Å². The zero-order valence-corrected chi connectivity index (χ0v) is 20.5. The van der Waals surface area contributed by atoms with Crippen LogP contribution in [0.5, 0.6) is 0 Å². The van der Waals surface area contributed by atoms with Crippen molar-refractivity contribution >= 4 is 46.2 Å². The zero-order valence-electron chi connectivity index (χ0n) is 18.9. The number of aromatic nitrogens is 1. The van der Waals surface area contributed by atoms with Crippen molar-refractivity contribution in [1.82, 2.24) is 10.3 Å². The molecule has 10 heteroatoms. The molecule has 0 aliphatic heterocycles. The maximum Gasteiger partial charge on any atom is 0.413 e. The minimum absolute atomic E-state index is 0.0129. The largest absolute Gasteiger partial charge is 0.481 e. The molecule has 2 amide bonds. The number of hydrogen-bond donors (Lipinski definition) is 3. The number of ether oxygens (including phenoxy) is 1. The van der Waals surface area contributed by atoms with Crippen molar-refractivity contribution < 1.29 is 24.2 Å². The standard InChI is InChI=1S/C25H25N3O5S2/c29-22(26-11-12-34-15-23(30)31)10-9-16-13-27-24(35-16)28-25(32)33-14-21-19-7-3-1-5-17(19)18-6-2-4-8-20(18)21/h1-8,13,21H,9-12,14-15H2,(H,26,29)(H,30,31)(H,27,28,32). The third-order valence-electron chi connectivity index (χ3n) is 5.50. The van der Waals surface area contributed by atoms with Crippen LogP contribution in [0.15, 0.2) is 54.7 Å². The summed E-state index contributed by atoms with van der Waals surface area (Å²) in [5.41, 5.74) is 4.64. The van der Waals surface area contributed by atoms with E-state index in [2.05, 4.69) is 39.9 Å². The third-order valence-corrected chi connectivity index (χ3v) is 7.42. The molecule has 0 saturated carbocycles. The Morgan fingerprint density at radius 1 is 1.06 bits per heavy atom. The highest BCUT2D eigenvalue weighted by molar-refractivity contribution is 7.99. The van der Waals surface area contributed by atoms with Gasteiger partial charge in [0.05, 0.1) is 5.75 Å². The Morgan fingerprint density at radius 3 is 2.43 bits per heavy atom. The number of thiazole rings is 1. The summed E-state index contributed by atoms with van der Waals surface area (Å²) < 4.78 is 5.54. The number of hydrogen-bond acceptors (Lipinski definition) is 7. The molecule has 0 saturated heterocycles. The molecular weight excluding hydrogens is 486 g/mol. The van der Waals surface area contributed by atoms with E-state index in [1.165, 1.54) is 34.2 Å². The normalized spacial score (nSPS) is 12.0. The number of thioether (sulfide) groups is 1. The fourth-order valence-corrected chi connectivity index (χ4v) is 5.31. The quantitative estimate of drug-likeness (QED) is 0.327. The van der Waals surface area contributed by atoms with Gasteiger partial charge in [-0.3, -0.25) is 14.9 Å². The predicted octanol–water partition coefficient (Wildman–Crippen LogP) is 4.37. The number of carbonyl (C=O) groups excluding carboxylic acids is 2. The molecule has 3 N–H and O–H groups in total. The monoisotopic (exact) mass is 511 g/mol. The Bertz CT molecular complexity index is 1170. The Hall–Kier alpha value is -3.37. The lowest BCUT2D eigenvalue weighted by Gasteiger charge is -2.14. The van der Waals surface area contributed by atoms with Gasteiger partial charge in [-0.15, -0.1) is 23.1 Å². The number of carboxylic acids is 1. The number of rotatable bonds is 11. The molecule has 1 heterocycles. The van der Waals surface area contributed by atoms with Crippen LogP contribution in [0.2, 0.25) is 0 Å². The first-order valence-corrected chi connectivity index (χ1v) is 13.1. The molecule has 35 heavy (non-hydrogen) atoms. The molecule has 182 valence electrons. The first kappa shape index (κ1) is 24.7. The molecule has 0 fully saturated rings. The molecule has 0 bridgehead atoms. The van der Waals surface area contributed by atoms with Crippen molar-refractivity contribution in [1.29, 1.82) is 0 Å². The number of nitrogens with one attached hydrogen (secondary N) is 2. The second-order valence-corrected chi connectivity index (χ2v) is 10.1. The molecule has 0 atom stereocenters. The van der Waals surface area contributed by atoms with E-state index in [1.807, 2.05) is 24.3 Å². The van der Waals surface area contributed by atoms with Crippen LogP contribution >= 0.6 is 23.1 Å². The number of carboxylic acid groups (broad SMARTS) is 1. The van der Waals surface area contributed by atoms with Crippen molar-refractivity contribution in [3.05, 3.63) is 70.7 Å². The van der Waals surface area contributed by atoms with Crippen LogP contribution in [0.1, 0.15) is 28.3 Å².